The second-order valence-electron chi connectivity index (χ2n) is 29.9. The molecule has 0 rings (SSSR count). The molecule has 0 aromatic carbocycles. The summed E-state index contributed by atoms with van der Waals surface area (Å²) in [7, 11) is -9.92. The third-order valence-electron chi connectivity index (χ3n) is 18.4. The maximum absolute atomic E-state index is 13.1. The van der Waals surface area contributed by atoms with Crippen LogP contribution in [-0.4, -0.2) is 96.7 Å². The molecule has 3 N–H and O–H groups in total. The summed E-state index contributed by atoms with van der Waals surface area (Å²) in [6.45, 7) is 11.9. The van der Waals surface area contributed by atoms with Crippen LogP contribution in [0.1, 0.15) is 408 Å². The molecule has 0 spiro atoms. The fourth-order valence-electron chi connectivity index (χ4n) is 12.1. The number of carbonyl (C=O) groups is 4. The molecule has 0 aromatic rings. The van der Waals surface area contributed by atoms with E-state index in [-0.39, 0.29) is 25.7 Å². The lowest BCUT2D eigenvalue weighted by molar-refractivity contribution is -0.161. The highest BCUT2D eigenvalue weighted by Crippen LogP contribution is 2.45. The maximum Gasteiger partial charge on any atom is 0.472 e. The summed E-state index contributed by atoms with van der Waals surface area (Å²) in [4.78, 5) is 73.0. The van der Waals surface area contributed by atoms with Crippen LogP contribution in [0, 0.1) is 17.8 Å². The molecular weight excluding hydrogens is 1280 g/mol. The second-order valence-corrected chi connectivity index (χ2v) is 32.8. The normalized spacial score (nSPS) is 14.0. The van der Waals surface area contributed by atoms with Gasteiger partial charge in [-0.15, -0.1) is 0 Å². The molecule has 0 radical (unpaired) electrons. The minimum Gasteiger partial charge on any atom is -0.462 e. The smallest absolute Gasteiger partial charge is 0.462 e. The standard InChI is InChI=1S/C79H154O17P2/c1-8-9-10-11-12-13-14-15-16-17-18-19-22-26-32-41-48-55-62-78(83)95-74(66-89-76(81)60-53-46-39-31-25-23-20-21-24-29-36-43-50-57-70(2)3)68-93-97(85,86)91-64-73(80)65-92-98(87,88)94-69-75(67-90-77(82)61-54-47-40-35-34-38-45-52-59-72(6)7)96-79(84)63-56-49-42-33-28-27-30-37-44-51-58-71(4)5/h70-75,80H,8-69H2,1-7H3,(H,85,86)(H,87,88)/t73-,74-,75-/m1/s1. The van der Waals surface area contributed by atoms with Gasteiger partial charge in [0.1, 0.15) is 19.3 Å². The Morgan fingerprint density at radius 3 is 0.694 bits per heavy atom. The molecule has 98 heavy (non-hydrogen) atoms. The summed E-state index contributed by atoms with van der Waals surface area (Å²) >= 11 is 0. The zero-order valence-corrected chi connectivity index (χ0v) is 66.0. The van der Waals surface area contributed by atoms with Gasteiger partial charge in [0.2, 0.25) is 0 Å². The Bertz CT molecular complexity index is 1900. The zero-order valence-electron chi connectivity index (χ0n) is 64.3. The summed E-state index contributed by atoms with van der Waals surface area (Å²) in [6, 6.07) is 0. The number of esters is 4. The molecule has 17 nitrogen and oxygen atoms in total. The fourth-order valence-corrected chi connectivity index (χ4v) is 13.7. The van der Waals surface area contributed by atoms with Crippen LogP contribution in [0.4, 0.5) is 0 Å². The highest BCUT2D eigenvalue weighted by Gasteiger charge is 2.30. The van der Waals surface area contributed by atoms with Crippen molar-refractivity contribution in [2.24, 2.45) is 17.8 Å². The number of phosphoric ester groups is 2. The Hall–Kier alpha value is -1.94. The molecule has 5 atom stereocenters. The quantitative estimate of drug-likeness (QED) is 0.0222. The number of hydrogen-bond acceptors (Lipinski definition) is 15. The highest BCUT2D eigenvalue weighted by atomic mass is 31.2. The number of hydrogen-bond donors (Lipinski definition) is 3. The van der Waals surface area contributed by atoms with E-state index in [0.29, 0.717) is 25.7 Å². The lowest BCUT2D eigenvalue weighted by atomic mass is 10.0. The third-order valence-corrected chi connectivity index (χ3v) is 20.3. The number of ether oxygens (including phenoxy) is 4. The maximum atomic E-state index is 13.1. The van der Waals surface area contributed by atoms with Crippen molar-refractivity contribution >= 4 is 39.5 Å². The van der Waals surface area contributed by atoms with E-state index in [1.165, 1.54) is 218 Å². The van der Waals surface area contributed by atoms with Gasteiger partial charge in [-0.1, -0.05) is 357 Å². The van der Waals surface area contributed by atoms with Gasteiger partial charge >= 0.3 is 39.5 Å². The predicted molar refractivity (Wildman–Crippen MR) is 400 cm³/mol. The number of unbranched alkanes of at least 4 members (excludes halogenated alkanes) is 45. The van der Waals surface area contributed by atoms with E-state index in [0.717, 1.165) is 108 Å². The fraction of sp³-hybridized carbons (Fsp3) is 0.949. The van der Waals surface area contributed by atoms with E-state index < -0.39 is 97.5 Å². The van der Waals surface area contributed by atoms with Crippen molar-refractivity contribution in [3.63, 3.8) is 0 Å². The summed E-state index contributed by atoms with van der Waals surface area (Å²) in [5, 5.41) is 10.6. The average molecular weight is 1440 g/mol. The first-order valence-corrected chi connectivity index (χ1v) is 43.8. The van der Waals surface area contributed by atoms with E-state index in [2.05, 4.69) is 48.5 Å². The van der Waals surface area contributed by atoms with E-state index in [1.807, 2.05) is 0 Å². The second kappa shape index (κ2) is 69.4. The van der Waals surface area contributed by atoms with Crippen LogP contribution < -0.4 is 0 Å². The number of aliphatic hydroxyl groups excluding tert-OH is 1. The van der Waals surface area contributed by atoms with Gasteiger partial charge in [0.15, 0.2) is 12.2 Å². The molecule has 0 heterocycles. The van der Waals surface area contributed by atoms with Gasteiger partial charge < -0.3 is 33.8 Å². The van der Waals surface area contributed by atoms with Gasteiger partial charge in [0.25, 0.3) is 0 Å². The first kappa shape index (κ1) is 96.1. The van der Waals surface area contributed by atoms with Crippen molar-refractivity contribution in [1.82, 2.24) is 0 Å². The van der Waals surface area contributed by atoms with E-state index in [4.69, 9.17) is 37.0 Å². The molecule has 582 valence electrons. The van der Waals surface area contributed by atoms with Gasteiger partial charge in [-0.3, -0.25) is 37.3 Å². The number of aliphatic hydroxyl groups is 1. The molecule has 0 aliphatic heterocycles. The van der Waals surface area contributed by atoms with E-state index in [9.17, 15) is 43.2 Å². The van der Waals surface area contributed by atoms with Crippen molar-refractivity contribution < 1.29 is 80.2 Å². The topological polar surface area (TPSA) is 237 Å². The van der Waals surface area contributed by atoms with Crippen LogP contribution >= 0.6 is 15.6 Å². The minimum atomic E-state index is -4.96. The molecule has 0 saturated carbocycles. The number of rotatable bonds is 77. The summed E-state index contributed by atoms with van der Waals surface area (Å²) in [6.07, 6.45) is 56.9. The van der Waals surface area contributed by atoms with Crippen LogP contribution in [0.3, 0.4) is 0 Å². The largest absolute Gasteiger partial charge is 0.472 e. The van der Waals surface area contributed by atoms with Crippen LogP contribution in [0.2, 0.25) is 0 Å². The zero-order chi connectivity index (χ0) is 72.3. The number of phosphoric acid groups is 2. The van der Waals surface area contributed by atoms with Gasteiger partial charge in [0.05, 0.1) is 26.4 Å². The van der Waals surface area contributed by atoms with Gasteiger partial charge in [-0.25, -0.2) is 9.13 Å². The monoisotopic (exact) mass is 1440 g/mol. The third kappa shape index (κ3) is 72.4. The van der Waals surface area contributed by atoms with Gasteiger partial charge in [-0.05, 0) is 43.4 Å². The molecule has 0 aromatic heterocycles. The van der Waals surface area contributed by atoms with Crippen molar-refractivity contribution in [3.8, 4) is 0 Å². The molecule has 0 aliphatic rings. The molecule has 19 heteroatoms. The van der Waals surface area contributed by atoms with Crippen LogP contribution in [0.15, 0.2) is 0 Å². The summed E-state index contributed by atoms with van der Waals surface area (Å²) in [5.41, 5.74) is 0. The molecule has 0 fully saturated rings. The Morgan fingerprint density at radius 2 is 0.469 bits per heavy atom. The van der Waals surface area contributed by atoms with Crippen LogP contribution in [-0.2, 0) is 65.4 Å². The Morgan fingerprint density at radius 1 is 0.276 bits per heavy atom. The van der Waals surface area contributed by atoms with Gasteiger partial charge in [-0.2, -0.15) is 0 Å². The van der Waals surface area contributed by atoms with Crippen LogP contribution in [0.25, 0.3) is 0 Å². The molecule has 0 amide bonds. The molecule has 2 unspecified atom stereocenters. The van der Waals surface area contributed by atoms with Crippen molar-refractivity contribution in [1.29, 1.82) is 0 Å². The van der Waals surface area contributed by atoms with Crippen molar-refractivity contribution in [3.05, 3.63) is 0 Å². The van der Waals surface area contributed by atoms with Gasteiger partial charge in [0, 0.05) is 25.7 Å². The molecule has 0 saturated heterocycles. The molecule has 0 bridgehead atoms. The number of carbonyl (C=O) groups excluding carboxylic acids is 4. The first-order valence-electron chi connectivity index (χ1n) is 40.8. The Balaban J connectivity index is 5.25. The Labute approximate surface area is 600 Å². The summed E-state index contributed by atoms with van der Waals surface area (Å²) < 4.78 is 68.7. The van der Waals surface area contributed by atoms with E-state index >= 15 is 0 Å². The molecular formula is C79H154O17P2. The highest BCUT2D eigenvalue weighted by molar-refractivity contribution is 7.47. The van der Waals surface area contributed by atoms with Crippen molar-refractivity contribution in [2.75, 3.05) is 39.6 Å². The lowest BCUT2D eigenvalue weighted by Crippen LogP contribution is -2.30. The Kier molecular flexibility index (Phi) is 68.1. The molecule has 0 aliphatic carbocycles. The average Bonchev–Trinajstić information content (AvgIpc) is 1.03. The van der Waals surface area contributed by atoms with Crippen LogP contribution in [0.5, 0.6) is 0 Å². The first-order chi connectivity index (χ1) is 47.2. The minimum absolute atomic E-state index is 0.105. The summed E-state index contributed by atoms with van der Waals surface area (Å²) in [5.74, 6) is 0.156. The lowest BCUT2D eigenvalue weighted by Gasteiger charge is -2.21. The van der Waals surface area contributed by atoms with E-state index in [1.54, 1.807) is 0 Å². The SMILES string of the molecule is CCCCCCCCCCCCCCCCCCCCC(=O)O[C@H](COC(=O)CCCCCCCCCCCCCCCC(C)C)COP(=O)(O)OC[C@@H](O)COP(=O)(O)OC[C@@H](COC(=O)CCCCCCCCCCC(C)C)OC(=O)CCCCCCCCCCCCC(C)C. The predicted octanol–water partition coefficient (Wildman–Crippen LogP) is 23.4. The van der Waals surface area contributed by atoms with Crippen molar-refractivity contribution in [2.45, 2.75) is 426 Å².